The molecule has 0 amide bonds. The van der Waals surface area contributed by atoms with Crippen LogP contribution in [0.3, 0.4) is 0 Å². The van der Waals surface area contributed by atoms with Crippen LogP contribution in [0.5, 0.6) is 0 Å². The van der Waals surface area contributed by atoms with Gasteiger partial charge in [-0.25, -0.2) is 0 Å². The first-order valence-electron chi connectivity index (χ1n) is 7.24. The number of nitrogens with zero attached hydrogens (tertiary/aromatic N) is 3. The van der Waals surface area contributed by atoms with E-state index in [2.05, 4.69) is 60.6 Å². The minimum absolute atomic E-state index is 0.388. The second-order valence-electron chi connectivity index (χ2n) is 5.84. The van der Waals surface area contributed by atoms with E-state index in [1.807, 2.05) is 11.6 Å². The molecule has 0 aliphatic rings. The van der Waals surface area contributed by atoms with E-state index in [9.17, 15) is 0 Å². The fraction of sp³-hybridized carbons (Fsp3) is 0.600. The summed E-state index contributed by atoms with van der Waals surface area (Å²) in [5, 5.41) is 15.3. The Hall–Kier alpha value is -1.62. The first kappa shape index (κ1) is 14.8. The maximum absolute atomic E-state index is 4.53. The topological polar surface area (TPSA) is 58.5 Å². The smallest absolute Gasteiger partial charge is 0.0640 e. The van der Waals surface area contributed by atoms with Crippen molar-refractivity contribution in [2.24, 2.45) is 0 Å². The van der Waals surface area contributed by atoms with Gasteiger partial charge in [0.15, 0.2) is 0 Å². The maximum atomic E-state index is 4.53. The van der Waals surface area contributed by atoms with Gasteiger partial charge in [0, 0.05) is 42.5 Å². The molecule has 0 aliphatic carbocycles. The Labute approximate surface area is 120 Å². The molecule has 0 aliphatic heterocycles. The second-order valence-corrected chi connectivity index (χ2v) is 5.84. The lowest BCUT2D eigenvalue weighted by Gasteiger charge is -2.11. The first-order chi connectivity index (χ1) is 9.45. The van der Waals surface area contributed by atoms with E-state index in [0.717, 1.165) is 30.0 Å². The van der Waals surface area contributed by atoms with Crippen LogP contribution in [0.1, 0.15) is 49.5 Å². The Bertz CT molecular complexity index is 552. The van der Waals surface area contributed by atoms with E-state index >= 15 is 0 Å². The lowest BCUT2D eigenvalue weighted by atomic mass is 10.1. The van der Waals surface area contributed by atoms with Crippen LogP contribution in [0, 0.1) is 13.8 Å². The van der Waals surface area contributed by atoms with E-state index in [1.165, 1.54) is 5.56 Å². The van der Waals surface area contributed by atoms with Gasteiger partial charge in [-0.3, -0.25) is 9.78 Å². The Morgan fingerprint density at radius 1 is 1.30 bits per heavy atom. The predicted octanol–water partition coefficient (Wildman–Crippen LogP) is 2.52. The largest absolute Gasteiger partial charge is 0.310 e. The highest BCUT2D eigenvalue weighted by atomic mass is 15.3. The Balaban J connectivity index is 1.88. The molecule has 1 atom stereocenters. The predicted molar refractivity (Wildman–Crippen MR) is 80.7 cm³/mol. The zero-order valence-electron chi connectivity index (χ0n) is 13.1. The van der Waals surface area contributed by atoms with Crippen molar-refractivity contribution in [2.75, 3.05) is 0 Å². The van der Waals surface area contributed by atoms with Crippen LogP contribution in [0.4, 0.5) is 0 Å². The highest BCUT2D eigenvalue weighted by molar-refractivity contribution is 5.16. The zero-order chi connectivity index (χ0) is 14.7. The average Bonchev–Trinajstić information content (AvgIpc) is 2.93. The van der Waals surface area contributed by atoms with Gasteiger partial charge in [-0.2, -0.15) is 10.2 Å². The molecule has 0 saturated carbocycles. The minimum Gasteiger partial charge on any atom is -0.310 e. The van der Waals surface area contributed by atoms with Crippen LogP contribution in [0.2, 0.25) is 0 Å². The third-order valence-electron chi connectivity index (χ3n) is 3.46. The van der Waals surface area contributed by atoms with Gasteiger partial charge in [0.1, 0.15) is 0 Å². The number of hydrogen-bond acceptors (Lipinski definition) is 3. The monoisotopic (exact) mass is 275 g/mol. The SMILES string of the molecule is Cc1cc(CC(C)NCc2cn(C(C)C)nc2C)n[nH]1. The quantitative estimate of drug-likeness (QED) is 0.851. The number of aromatic nitrogens is 4. The summed E-state index contributed by atoms with van der Waals surface area (Å²) in [6.07, 6.45) is 3.07. The van der Waals surface area contributed by atoms with Crippen LogP contribution in [0.25, 0.3) is 0 Å². The lowest BCUT2D eigenvalue weighted by Crippen LogP contribution is -2.27. The lowest BCUT2D eigenvalue weighted by molar-refractivity contribution is 0.525. The number of rotatable bonds is 6. The molecule has 0 bridgehead atoms. The summed E-state index contributed by atoms with van der Waals surface area (Å²) in [4.78, 5) is 0. The molecule has 2 aromatic rings. The molecule has 0 saturated heterocycles. The second kappa shape index (κ2) is 6.22. The van der Waals surface area contributed by atoms with Gasteiger partial charge in [-0.05, 0) is 40.7 Å². The summed E-state index contributed by atoms with van der Waals surface area (Å²) in [5.41, 5.74) is 4.59. The van der Waals surface area contributed by atoms with Crippen LogP contribution in [-0.2, 0) is 13.0 Å². The molecule has 110 valence electrons. The number of aromatic amines is 1. The minimum atomic E-state index is 0.388. The van der Waals surface area contributed by atoms with E-state index in [0.29, 0.717) is 12.1 Å². The van der Waals surface area contributed by atoms with Crippen molar-refractivity contribution < 1.29 is 0 Å². The summed E-state index contributed by atoms with van der Waals surface area (Å²) in [6.45, 7) is 11.4. The number of hydrogen-bond donors (Lipinski definition) is 2. The summed E-state index contributed by atoms with van der Waals surface area (Å²) < 4.78 is 2.02. The van der Waals surface area contributed by atoms with Gasteiger partial charge in [0.25, 0.3) is 0 Å². The van der Waals surface area contributed by atoms with Gasteiger partial charge in [-0.1, -0.05) is 0 Å². The third kappa shape index (κ3) is 3.70. The zero-order valence-corrected chi connectivity index (χ0v) is 13.1. The van der Waals surface area contributed by atoms with Crippen LogP contribution >= 0.6 is 0 Å². The van der Waals surface area contributed by atoms with E-state index in [-0.39, 0.29) is 0 Å². The molecular weight excluding hydrogens is 250 g/mol. The molecule has 20 heavy (non-hydrogen) atoms. The van der Waals surface area contributed by atoms with Crippen LogP contribution in [-0.4, -0.2) is 26.0 Å². The highest BCUT2D eigenvalue weighted by Gasteiger charge is 2.10. The van der Waals surface area contributed by atoms with Crippen LogP contribution < -0.4 is 5.32 Å². The molecule has 5 nitrogen and oxygen atoms in total. The summed E-state index contributed by atoms with van der Waals surface area (Å²) in [7, 11) is 0. The van der Waals surface area contributed by atoms with Crippen molar-refractivity contribution in [1.29, 1.82) is 0 Å². The number of H-pyrrole nitrogens is 1. The van der Waals surface area contributed by atoms with Crippen molar-refractivity contribution in [3.05, 3.63) is 34.9 Å². The molecular formula is C15H25N5. The standard InChI is InChI=1S/C15H25N5/c1-10(2)20-9-14(13(5)19-20)8-16-11(3)6-15-7-12(4)17-18-15/h7,9-11,16H,6,8H2,1-5H3,(H,17,18). The molecule has 0 fully saturated rings. The molecule has 2 N–H and O–H groups in total. The third-order valence-corrected chi connectivity index (χ3v) is 3.46. The summed E-state index contributed by atoms with van der Waals surface area (Å²) >= 11 is 0. The van der Waals surface area contributed by atoms with E-state index in [4.69, 9.17) is 0 Å². The normalized spacial score (nSPS) is 13.1. The van der Waals surface area contributed by atoms with E-state index < -0.39 is 0 Å². The van der Waals surface area contributed by atoms with Crippen molar-refractivity contribution in [3.8, 4) is 0 Å². The fourth-order valence-corrected chi connectivity index (χ4v) is 2.21. The molecule has 0 radical (unpaired) electrons. The molecule has 2 heterocycles. The van der Waals surface area contributed by atoms with Crippen molar-refractivity contribution in [3.63, 3.8) is 0 Å². The Morgan fingerprint density at radius 3 is 2.60 bits per heavy atom. The van der Waals surface area contributed by atoms with Crippen molar-refractivity contribution >= 4 is 0 Å². The van der Waals surface area contributed by atoms with Gasteiger partial charge >= 0.3 is 0 Å². The highest BCUT2D eigenvalue weighted by Crippen LogP contribution is 2.11. The molecule has 1 unspecified atom stereocenters. The number of nitrogens with one attached hydrogen (secondary N) is 2. The van der Waals surface area contributed by atoms with Gasteiger partial charge in [-0.15, -0.1) is 0 Å². The number of aryl methyl sites for hydroxylation is 2. The van der Waals surface area contributed by atoms with E-state index in [1.54, 1.807) is 0 Å². The summed E-state index contributed by atoms with van der Waals surface area (Å²) in [5.74, 6) is 0. The van der Waals surface area contributed by atoms with Gasteiger partial charge < -0.3 is 5.32 Å². The first-order valence-corrected chi connectivity index (χ1v) is 7.24. The van der Waals surface area contributed by atoms with Gasteiger partial charge in [0.2, 0.25) is 0 Å². The van der Waals surface area contributed by atoms with Crippen LogP contribution in [0.15, 0.2) is 12.3 Å². The van der Waals surface area contributed by atoms with Crippen molar-refractivity contribution in [2.45, 2.75) is 59.7 Å². The Morgan fingerprint density at radius 2 is 2.05 bits per heavy atom. The maximum Gasteiger partial charge on any atom is 0.0640 e. The van der Waals surface area contributed by atoms with Crippen molar-refractivity contribution in [1.82, 2.24) is 25.3 Å². The average molecular weight is 275 g/mol. The Kier molecular flexibility index (Phi) is 4.60. The molecule has 2 rings (SSSR count). The molecule has 0 aromatic carbocycles. The molecule has 2 aromatic heterocycles. The fourth-order valence-electron chi connectivity index (χ4n) is 2.21. The molecule has 0 spiro atoms. The van der Waals surface area contributed by atoms with Gasteiger partial charge in [0.05, 0.1) is 11.4 Å². The summed E-state index contributed by atoms with van der Waals surface area (Å²) in [6, 6.07) is 2.90. The molecule has 5 heteroatoms.